The van der Waals surface area contributed by atoms with Crippen molar-refractivity contribution >= 4 is 50.9 Å². The monoisotopic (exact) mass is 491 g/mol. The zero-order valence-corrected chi connectivity index (χ0v) is 19.2. The number of nitrogens with one attached hydrogen (secondary N) is 1. The number of pyridine rings is 1. The van der Waals surface area contributed by atoms with E-state index in [2.05, 4.69) is 10.3 Å². The first-order valence-corrected chi connectivity index (χ1v) is 11.3. The van der Waals surface area contributed by atoms with Gasteiger partial charge in [0.1, 0.15) is 5.82 Å². The van der Waals surface area contributed by atoms with Gasteiger partial charge in [0.2, 0.25) is 10.0 Å². The van der Waals surface area contributed by atoms with Crippen LogP contribution in [0.4, 0.5) is 10.2 Å². The predicted octanol–water partition coefficient (Wildman–Crippen LogP) is 3.66. The third kappa shape index (κ3) is 5.91. The summed E-state index contributed by atoms with van der Waals surface area (Å²) in [6.45, 7) is 4.55. The van der Waals surface area contributed by atoms with Crippen LogP contribution < -0.4 is 5.32 Å². The fourth-order valence-electron chi connectivity index (χ4n) is 2.56. The van der Waals surface area contributed by atoms with Crippen LogP contribution in [-0.2, 0) is 19.6 Å². The molecule has 1 aromatic heterocycles. The average molecular weight is 492 g/mol. The van der Waals surface area contributed by atoms with Crippen molar-refractivity contribution in [3.8, 4) is 0 Å². The first-order valence-electron chi connectivity index (χ1n) is 9.10. The Morgan fingerprint density at radius 2 is 1.81 bits per heavy atom. The molecule has 0 saturated carbocycles. The van der Waals surface area contributed by atoms with Gasteiger partial charge in [0.25, 0.3) is 5.91 Å². The van der Waals surface area contributed by atoms with Crippen LogP contribution in [0, 0.1) is 12.7 Å². The molecule has 1 amide bonds. The number of nitrogens with zero attached hydrogens (tertiary/aromatic N) is 2. The van der Waals surface area contributed by atoms with E-state index in [4.69, 9.17) is 27.9 Å². The van der Waals surface area contributed by atoms with E-state index in [1.54, 1.807) is 20.8 Å². The van der Waals surface area contributed by atoms with E-state index in [9.17, 15) is 22.4 Å². The lowest BCUT2D eigenvalue weighted by Crippen LogP contribution is -2.30. The lowest BCUT2D eigenvalue weighted by molar-refractivity contribution is -0.119. The Morgan fingerprint density at radius 3 is 2.42 bits per heavy atom. The number of hydrogen-bond donors (Lipinski definition) is 1. The molecule has 0 unspecified atom stereocenters. The summed E-state index contributed by atoms with van der Waals surface area (Å²) in [6.07, 6.45) is 0. The molecular formula is C19H20Cl2FN3O5S. The smallest absolute Gasteiger partial charge is 0.341 e. The fraction of sp³-hybridized carbons (Fsp3) is 0.316. The summed E-state index contributed by atoms with van der Waals surface area (Å²) in [5.74, 6) is -2.95. The van der Waals surface area contributed by atoms with Crippen molar-refractivity contribution in [1.29, 1.82) is 0 Å². The number of sulfonamides is 1. The minimum absolute atomic E-state index is 0.0168. The maximum Gasteiger partial charge on any atom is 0.341 e. The number of rotatable bonds is 8. The highest BCUT2D eigenvalue weighted by molar-refractivity contribution is 7.89. The van der Waals surface area contributed by atoms with Gasteiger partial charge >= 0.3 is 5.97 Å². The molecule has 0 atom stereocenters. The molecule has 8 nitrogen and oxygen atoms in total. The summed E-state index contributed by atoms with van der Waals surface area (Å²) in [7, 11) is -3.91. The molecule has 1 N–H and O–H groups in total. The van der Waals surface area contributed by atoms with Gasteiger partial charge in [-0.25, -0.2) is 22.6 Å². The van der Waals surface area contributed by atoms with Crippen molar-refractivity contribution in [2.24, 2.45) is 0 Å². The van der Waals surface area contributed by atoms with Gasteiger partial charge in [-0.2, -0.15) is 4.31 Å². The largest absolute Gasteiger partial charge is 0.452 e. The standard InChI is InChI=1S/C19H20Cl2FN3O5S/c1-4-25(5-2)31(28,29)12-6-7-16(22)13(8-12)19(27)30-10-17(26)24-18-15(21)9-14(20)11(3)23-18/h6-9H,4-5,10H2,1-3H3,(H,23,24,26). The van der Waals surface area contributed by atoms with E-state index in [-0.39, 0.29) is 28.8 Å². The number of aryl methyl sites for hydroxylation is 1. The second kappa shape index (κ2) is 10.4. The van der Waals surface area contributed by atoms with Gasteiger partial charge in [-0.05, 0) is 31.2 Å². The molecule has 0 fully saturated rings. The van der Waals surface area contributed by atoms with Crippen molar-refractivity contribution in [2.45, 2.75) is 25.7 Å². The molecule has 0 saturated heterocycles. The molecule has 2 rings (SSSR count). The molecular weight excluding hydrogens is 472 g/mol. The van der Waals surface area contributed by atoms with Crippen LogP contribution in [0.1, 0.15) is 29.9 Å². The molecule has 2 aromatic rings. The van der Waals surface area contributed by atoms with Gasteiger partial charge < -0.3 is 10.1 Å². The number of ether oxygens (including phenoxy) is 1. The number of carbonyl (C=O) groups is 2. The van der Waals surface area contributed by atoms with E-state index in [1.165, 1.54) is 6.07 Å². The maximum absolute atomic E-state index is 14.1. The molecule has 0 bridgehead atoms. The van der Waals surface area contributed by atoms with Gasteiger partial charge in [0, 0.05) is 13.1 Å². The van der Waals surface area contributed by atoms with Crippen molar-refractivity contribution in [3.63, 3.8) is 0 Å². The van der Waals surface area contributed by atoms with Crippen LogP contribution in [0.2, 0.25) is 10.0 Å². The number of benzene rings is 1. The SMILES string of the molecule is CCN(CC)S(=O)(=O)c1ccc(F)c(C(=O)OCC(=O)Nc2nc(C)c(Cl)cc2Cl)c1. The molecule has 1 heterocycles. The van der Waals surface area contributed by atoms with Gasteiger partial charge in [0.05, 0.1) is 26.2 Å². The fourth-order valence-corrected chi connectivity index (χ4v) is 4.45. The number of aromatic nitrogens is 1. The van der Waals surface area contributed by atoms with E-state index in [0.717, 1.165) is 22.5 Å². The molecule has 0 spiro atoms. The first kappa shape index (κ1) is 25.0. The molecule has 12 heteroatoms. The third-order valence-corrected chi connectivity index (χ3v) is 6.91. The van der Waals surface area contributed by atoms with Crippen LogP contribution >= 0.6 is 23.2 Å². The quantitative estimate of drug-likeness (QED) is 0.564. The normalized spacial score (nSPS) is 11.5. The summed E-state index contributed by atoms with van der Waals surface area (Å²) in [4.78, 5) is 28.1. The Morgan fingerprint density at radius 1 is 1.16 bits per heavy atom. The summed E-state index contributed by atoms with van der Waals surface area (Å²) in [5, 5.41) is 2.74. The maximum atomic E-state index is 14.1. The summed E-state index contributed by atoms with van der Waals surface area (Å²) in [6, 6.07) is 4.19. The van der Waals surface area contributed by atoms with Gasteiger partial charge in [0.15, 0.2) is 12.4 Å². The van der Waals surface area contributed by atoms with Crippen LogP contribution in [0.15, 0.2) is 29.2 Å². The van der Waals surface area contributed by atoms with E-state index >= 15 is 0 Å². The molecule has 0 aliphatic rings. The zero-order valence-electron chi connectivity index (χ0n) is 16.9. The molecule has 168 valence electrons. The number of halogens is 3. The number of anilines is 1. The highest BCUT2D eigenvalue weighted by atomic mass is 35.5. The van der Waals surface area contributed by atoms with Gasteiger partial charge in [-0.1, -0.05) is 37.0 Å². The zero-order chi connectivity index (χ0) is 23.3. The molecule has 1 aromatic carbocycles. The van der Waals surface area contributed by atoms with E-state index < -0.39 is 39.9 Å². The number of amides is 1. The first-order chi connectivity index (χ1) is 14.5. The summed E-state index contributed by atoms with van der Waals surface area (Å²) < 4.78 is 45.3. The van der Waals surface area contributed by atoms with E-state index in [0.29, 0.717) is 10.7 Å². The van der Waals surface area contributed by atoms with Crippen LogP contribution in [0.5, 0.6) is 0 Å². The molecule has 0 radical (unpaired) electrons. The summed E-state index contributed by atoms with van der Waals surface area (Å²) in [5.41, 5.74) is -0.189. The minimum atomic E-state index is -3.91. The lowest BCUT2D eigenvalue weighted by atomic mass is 10.2. The Balaban J connectivity index is 2.14. The van der Waals surface area contributed by atoms with Crippen LogP contribution in [0.25, 0.3) is 0 Å². The Hall–Kier alpha value is -2.27. The van der Waals surface area contributed by atoms with Crippen LogP contribution in [-0.4, -0.2) is 49.3 Å². The highest BCUT2D eigenvalue weighted by Gasteiger charge is 2.25. The van der Waals surface area contributed by atoms with E-state index in [1.807, 2.05) is 0 Å². The van der Waals surface area contributed by atoms with Crippen molar-refractivity contribution in [2.75, 3.05) is 25.0 Å². The second-order valence-corrected chi connectivity index (χ2v) is 8.99. The third-order valence-electron chi connectivity index (χ3n) is 4.20. The van der Waals surface area contributed by atoms with Crippen LogP contribution in [0.3, 0.4) is 0 Å². The topological polar surface area (TPSA) is 106 Å². The van der Waals surface area contributed by atoms with Gasteiger partial charge in [-0.15, -0.1) is 0 Å². The van der Waals surface area contributed by atoms with Gasteiger partial charge in [-0.3, -0.25) is 4.79 Å². The van der Waals surface area contributed by atoms with Crippen molar-refractivity contribution in [3.05, 3.63) is 51.4 Å². The Bertz CT molecular complexity index is 1110. The number of esters is 1. The van der Waals surface area contributed by atoms with Crippen molar-refractivity contribution in [1.82, 2.24) is 9.29 Å². The second-order valence-electron chi connectivity index (χ2n) is 6.24. The average Bonchev–Trinajstić information content (AvgIpc) is 2.71. The summed E-state index contributed by atoms with van der Waals surface area (Å²) >= 11 is 11.8. The minimum Gasteiger partial charge on any atom is -0.452 e. The Labute approximate surface area is 189 Å². The Kier molecular flexibility index (Phi) is 8.35. The molecule has 31 heavy (non-hydrogen) atoms. The lowest BCUT2D eigenvalue weighted by Gasteiger charge is -2.18. The predicted molar refractivity (Wildman–Crippen MR) is 114 cm³/mol. The molecule has 0 aliphatic heterocycles. The highest BCUT2D eigenvalue weighted by Crippen LogP contribution is 2.25. The van der Waals surface area contributed by atoms with Crippen molar-refractivity contribution < 1.29 is 27.1 Å². The number of carbonyl (C=O) groups excluding carboxylic acids is 2. The number of hydrogen-bond acceptors (Lipinski definition) is 6. The molecule has 0 aliphatic carbocycles.